The Hall–Kier alpha value is -3.22. The molecule has 2 N–H and O–H groups in total. The first-order chi connectivity index (χ1) is 12.5. The zero-order valence-electron chi connectivity index (χ0n) is 14.4. The molecule has 1 saturated heterocycles. The van der Waals surface area contributed by atoms with E-state index in [1.165, 1.54) is 12.1 Å². The lowest BCUT2D eigenvalue weighted by molar-refractivity contribution is 0.0694. The predicted octanol–water partition coefficient (Wildman–Crippen LogP) is 2.58. The fraction of sp³-hybridized carbons (Fsp3) is 0.263. The summed E-state index contributed by atoms with van der Waals surface area (Å²) in [5.41, 5.74) is 1.59. The standard InChI is InChI=1S/C19H19N3O4/c1-12-15(19(25)26)8-9-16(20-12)17(23)21-14-6-4-13(5-7-14)18(24)22-10-2-3-11-22/h4-9H,2-3,10-11H2,1H3,(H,21,23)(H,25,26). The molecule has 3 rings (SSSR count). The second-order valence-electron chi connectivity index (χ2n) is 6.17. The molecule has 26 heavy (non-hydrogen) atoms. The molecule has 0 bridgehead atoms. The molecule has 1 aromatic heterocycles. The lowest BCUT2D eigenvalue weighted by Crippen LogP contribution is -2.27. The minimum atomic E-state index is -1.08. The van der Waals surface area contributed by atoms with Gasteiger partial charge < -0.3 is 15.3 Å². The van der Waals surface area contributed by atoms with Crippen LogP contribution in [0, 0.1) is 6.92 Å². The van der Waals surface area contributed by atoms with Crippen molar-refractivity contribution in [2.24, 2.45) is 0 Å². The van der Waals surface area contributed by atoms with Crippen LogP contribution in [-0.2, 0) is 0 Å². The number of nitrogens with one attached hydrogen (secondary N) is 1. The summed E-state index contributed by atoms with van der Waals surface area (Å²) >= 11 is 0. The van der Waals surface area contributed by atoms with Crippen molar-refractivity contribution in [3.8, 4) is 0 Å². The maximum atomic E-state index is 12.3. The highest BCUT2D eigenvalue weighted by Gasteiger charge is 2.19. The van der Waals surface area contributed by atoms with Gasteiger partial charge in [-0.15, -0.1) is 0 Å². The lowest BCUT2D eigenvalue weighted by atomic mass is 10.1. The minimum absolute atomic E-state index is 0.00178. The van der Waals surface area contributed by atoms with Crippen LogP contribution in [0.4, 0.5) is 5.69 Å². The van der Waals surface area contributed by atoms with Crippen molar-refractivity contribution in [2.75, 3.05) is 18.4 Å². The van der Waals surface area contributed by atoms with Crippen molar-refractivity contribution in [3.63, 3.8) is 0 Å². The normalized spacial score (nSPS) is 13.5. The molecule has 0 aliphatic carbocycles. The van der Waals surface area contributed by atoms with Crippen LogP contribution in [-0.4, -0.2) is 45.9 Å². The van der Waals surface area contributed by atoms with Crippen LogP contribution in [0.5, 0.6) is 0 Å². The molecule has 0 radical (unpaired) electrons. The fourth-order valence-corrected chi connectivity index (χ4v) is 2.91. The Bertz CT molecular complexity index is 856. The van der Waals surface area contributed by atoms with Crippen LogP contribution >= 0.6 is 0 Å². The summed E-state index contributed by atoms with van der Waals surface area (Å²) in [6, 6.07) is 9.43. The number of rotatable bonds is 4. The zero-order chi connectivity index (χ0) is 18.7. The molecule has 2 amide bonds. The number of carboxylic acids is 1. The first kappa shape index (κ1) is 17.6. The van der Waals surface area contributed by atoms with Crippen molar-refractivity contribution >= 4 is 23.5 Å². The molecule has 1 aromatic carbocycles. The van der Waals surface area contributed by atoms with Gasteiger partial charge in [-0.25, -0.2) is 9.78 Å². The Kier molecular flexibility index (Phi) is 4.97. The Morgan fingerprint density at radius 1 is 1.04 bits per heavy atom. The number of aromatic carboxylic acids is 1. The summed E-state index contributed by atoms with van der Waals surface area (Å²) in [6.45, 7) is 3.11. The van der Waals surface area contributed by atoms with Crippen molar-refractivity contribution in [3.05, 3.63) is 58.9 Å². The minimum Gasteiger partial charge on any atom is -0.478 e. The third kappa shape index (κ3) is 3.72. The van der Waals surface area contributed by atoms with E-state index in [-0.39, 0.29) is 22.9 Å². The number of benzene rings is 1. The number of hydrogen-bond donors (Lipinski definition) is 2. The Balaban J connectivity index is 1.68. The summed E-state index contributed by atoms with van der Waals surface area (Å²) in [6.07, 6.45) is 2.07. The topological polar surface area (TPSA) is 99.6 Å². The summed E-state index contributed by atoms with van der Waals surface area (Å²) in [7, 11) is 0. The highest BCUT2D eigenvalue weighted by atomic mass is 16.4. The number of likely N-dealkylation sites (tertiary alicyclic amines) is 1. The first-order valence-electron chi connectivity index (χ1n) is 8.37. The number of nitrogens with zero attached hydrogens (tertiary/aromatic N) is 2. The Morgan fingerprint density at radius 2 is 1.69 bits per heavy atom. The molecule has 1 aliphatic rings. The molecule has 0 atom stereocenters. The maximum Gasteiger partial charge on any atom is 0.337 e. The molecule has 7 nitrogen and oxygen atoms in total. The van der Waals surface area contributed by atoms with E-state index in [1.807, 2.05) is 4.90 Å². The number of carboxylic acid groups (broad SMARTS) is 1. The molecule has 2 heterocycles. The molecule has 1 aliphatic heterocycles. The van der Waals surface area contributed by atoms with E-state index in [1.54, 1.807) is 31.2 Å². The van der Waals surface area contributed by atoms with Gasteiger partial charge in [0.1, 0.15) is 5.69 Å². The number of aromatic nitrogens is 1. The van der Waals surface area contributed by atoms with Crippen LogP contribution in [0.25, 0.3) is 0 Å². The predicted molar refractivity (Wildman–Crippen MR) is 95.5 cm³/mol. The summed E-state index contributed by atoms with van der Waals surface area (Å²) < 4.78 is 0. The van der Waals surface area contributed by atoms with Gasteiger partial charge in [-0.05, 0) is 56.2 Å². The van der Waals surface area contributed by atoms with Crippen LogP contribution in [0.1, 0.15) is 49.7 Å². The van der Waals surface area contributed by atoms with Crippen molar-refractivity contribution in [2.45, 2.75) is 19.8 Å². The number of carbonyl (C=O) groups is 3. The van der Waals surface area contributed by atoms with Gasteiger partial charge in [0.15, 0.2) is 0 Å². The summed E-state index contributed by atoms with van der Waals surface area (Å²) in [5, 5.41) is 11.7. The third-order valence-corrected chi connectivity index (χ3v) is 4.33. The number of amides is 2. The Labute approximate surface area is 150 Å². The van der Waals surface area contributed by atoms with Crippen molar-refractivity contribution < 1.29 is 19.5 Å². The van der Waals surface area contributed by atoms with E-state index in [9.17, 15) is 14.4 Å². The van der Waals surface area contributed by atoms with Crippen LogP contribution in [0.2, 0.25) is 0 Å². The van der Waals surface area contributed by atoms with E-state index in [0.717, 1.165) is 25.9 Å². The van der Waals surface area contributed by atoms with E-state index >= 15 is 0 Å². The van der Waals surface area contributed by atoms with Gasteiger partial charge in [0.25, 0.3) is 11.8 Å². The van der Waals surface area contributed by atoms with Crippen LogP contribution in [0.3, 0.4) is 0 Å². The first-order valence-corrected chi connectivity index (χ1v) is 8.37. The average Bonchev–Trinajstić information content (AvgIpc) is 3.16. The molecular formula is C19H19N3O4. The lowest BCUT2D eigenvalue weighted by Gasteiger charge is -2.15. The highest BCUT2D eigenvalue weighted by molar-refractivity contribution is 6.03. The quantitative estimate of drug-likeness (QED) is 0.880. The van der Waals surface area contributed by atoms with Gasteiger partial charge in [-0.3, -0.25) is 9.59 Å². The van der Waals surface area contributed by atoms with Gasteiger partial charge in [-0.2, -0.15) is 0 Å². The SMILES string of the molecule is Cc1nc(C(=O)Nc2ccc(C(=O)N3CCCC3)cc2)ccc1C(=O)O. The zero-order valence-corrected chi connectivity index (χ0v) is 14.4. The molecule has 0 unspecified atom stereocenters. The second-order valence-corrected chi connectivity index (χ2v) is 6.17. The van der Waals surface area contributed by atoms with Crippen LogP contribution in [0.15, 0.2) is 36.4 Å². The van der Waals surface area contributed by atoms with Crippen molar-refractivity contribution in [1.82, 2.24) is 9.88 Å². The van der Waals surface area contributed by atoms with E-state index < -0.39 is 11.9 Å². The molecule has 0 saturated carbocycles. The van der Waals surface area contributed by atoms with Crippen LogP contribution < -0.4 is 5.32 Å². The maximum absolute atomic E-state index is 12.3. The number of aryl methyl sites for hydroxylation is 1. The molecule has 7 heteroatoms. The van der Waals surface area contributed by atoms with Gasteiger partial charge >= 0.3 is 5.97 Å². The number of pyridine rings is 1. The number of carbonyl (C=O) groups excluding carboxylic acids is 2. The highest BCUT2D eigenvalue weighted by Crippen LogP contribution is 2.16. The largest absolute Gasteiger partial charge is 0.478 e. The summed E-state index contributed by atoms with van der Waals surface area (Å²) in [4.78, 5) is 41.4. The van der Waals surface area contributed by atoms with Gasteiger partial charge in [0.2, 0.25) is 0 Å². The van der Waals surface area contributed by atoms with Gasteiger partial charge in [0.05, 0.1) is 11.3 Å². The third-order valence-electron chi connectivity index (χ3n) is 4.33. The summed E-state index contributed by atoms with van der Waals surface area (Å²) in [5.74, 6) is -1.52. The van der Waals surface area contributed by atoms with Gasteiger partial charge in [0, 0.05) is 24.3 Å². The van der Waals surface area contributed by atoms with Gasteiger partial charge in [-0.1, -0.05) is 0 Å². The van der Waals surface area contributed by atoms with Crippen molar-refractivity contribution in [1.29, 1.82) is 0 Å². The molecule has 0 spiro atoms. The van der Waals surface area contributed by atoms with E-state index in [2.05, 4.69) is 10.3 Å². The molecule has 1 fully saturated rings. The van der Waals surface area contributed by atoms with E-state index in [0.29, 0.717) is 11.3 Å². The average molecular weight is 353 g/mol. The number of anilines is 1. The smallest absolute Gasteiger partial charge is 0.337 e. The van der Waals surface area contributed by atoms with E-state index in [4.69, 9.17) is 5.11 Å². The monoisotopic (exact) mass is 353 g/mol. The molecular weight excluding hydrogens is 334 g/mol. The molecule has 2 aromatic rings. The fourth-order valence-electron chi connectivity index (χ4n) is 2.91. The second kappa shape index (κ2) is 7.35. The molecule has 134 valence electrons. The Morgan fingerprint density at radius 3 is 2.27 bits per heavy atom. The number of hydrogen-bond acceptors (Lipinski definition) is 4.